The van der Waals surface area contributed by atoms with E-state index in [-0.39, 0.29) is 17.8 Å². The molecule has 0 amide bonds. The number of hydrogen-bond donors (Lipinski definition) is 8. The molecule has 15 aromatic rings. The average Bonchev–Trinajstić information content (AvgIpc) is 1.62. The van der Waals surface area contributed by atoms with Gasteiger partial charge in [0.1, 0.15) is 6.54 Å². The Hall–Kier alpha value is -15.2. The lowest BCUT2D eigenvalue weighted by Crippen LogP contribution is -2.16. The summed E-state index contributed by atoms with van der Waals surface area (Å²) in [4.78, 5) is 63.6. The standard InChI is InChI=1S/C93H64N14O2/c108-82(109)55-94-91-105-92(95-64-35-31-62(32-36-64)89-78-51-47-74(101-78)85(58-23-11-3-12-24-58)70-43-39-66(97-70)83(56-19-7-1-8-20-56)67-40-44-71(98-67)86(59-25-13-4-14-26-59)75-48-52-79(89)102-75)107-93(106-91)96-65-37-33-63(34-38-65)90-80-53-49-76(103-80)87(60-27-15-5-16-28-60)72-45-41-68(99-72)84(57-21-9-2-10-22-57)69-42-46-73(100-69)88(61-29-17-6-18-30-61)77-50-54-81(90)104-77/h1-54,97,99,102,104H,55H2,(H,108,109)(H3,94,95,96,105,106,107). The third-order valence-corrected chi connectivity index (χ3v) is 19.8. The summed E-state index contributed by atoms with van der Waals surface area (Å²) in [5.74, 6) is -0.695. The molecule has 19 rings (SSSR count). The zero-order valence-corrected chi connectivity index (χ0v) is 58.4. The lowest BCUT2D eigenvalue weighted by Gasteiger charge is -2.12. The molecule has 7 aromatic heterocycles. The third-order valence-electron chi connectivity index (χ3n) is 19.8. The SMILES string of the molecule is O=C(O)CNc1nc(Nc2ccc(-c3c4nc(c(-c5ccccc5)c5ccc([nH]5)c(-c5ccccc5)c5nc(c(-c6ccccc6)c6ccc3[nH]6)C=C5)C=C4)cc2)nc(Nc2ccc(-c3c4nc(c(-c5ccccc5)c5ccc([nH]5)c(-c5ccccc5)c5nc(c(-c6ccccc6)c6ccc3[nH]6)C=C5)C=C4)cc2)n1. The van der Waals surface area contributed by atoms with Crippen molar-refractivity contribution in [1.82, 2.24) is 54.8 Å². The van der Waals surface area contributed by atoms with Crippen LogP contribution < -0.4 is 16.0 Å². The Balaban J connectivity index is 0.701. The van der Waals surface area contributed by atoms with Crippen molar-refractivity contribution in [2.45, 2.75) is 0 Å². The van der Waals surface area contributed by atoms with Crippen LogP contribution in [-0.4, -0.2) is 72.4 Å². The van der Waals surface area contributed by atoms with Gasteiger partial charge in [0.15, 0.2) is 0 Å². The molecule has 0 aliphatic carbocycles. The van der Waals surface area contributed by atoms with Crippen LogP contribution in [0.2, 0.25) is 0 Å². The molecule has 16 bridgehead atoms. The van der Waals surface area contributed by atoms with E-state index in [2.05, 4.69) is 289 Å². The molecule has 8 aromatic carbocycles. The van der Waals surface area contributed by atoms with Crippen LogP contribution in [0.3, 0.4) is 0 Å². The van der Waals surface area contributed by atoms with Crippen molar-refractivity contribution in [3.05, 3.63) is 325 Å². The van der Waals surface area contributed by atoms with Gasteiger partial charge in [0, 0.05) is 100 Å². The van der Waals surface area contributed by atoms with E-state index < -0.39 is 12.5 Å². The van der Waals surface area contributed by atoms with Crippen LogP contribution in [0.4, 0.5) is 29.2 Å². The first-order valence-electron chi connectivity index (χ1n) is 35.9. The Morgan fingerprint density at radius 3 is 0.633 bits per heavy atom. The number of rotatable bonds is 15. The largest absolute Gasteiger partial charge is 0.480 e. The topological polar surface area (TPSA) is 227 Å². The van der Waals surface area contributed by atoms with Gasteiger partial charge in [0.05, 0.1) is 45.6 Å². The smallest absolute Gasteiger partial charge is 0.322 e. The number of carboxylic acids is 1. The summed E-state index contributed by atoms with van der Waals surface area (Å²) in [6.07, 6.45) is 16.8. The second kappa shape index (κ2) is 27.8. The Morgan fingerprint density at radius 1 is 0.239 bits per heavy atom. The van der Waals surface area contributed by atoms with Crippen molar-refractivity contribution in [2.24, 2.45) is 0 Å². The lowest BCUT2D eigenvalue weighted by atomic mass is 10.0. The summed E-state index contributed by atoms with van der Waals surface area (Å²) < 4.78 is 0. The summed E-state index contributed by atoms with van der Waals surface area (Å²) in [5, 5.41) is 19.5. The second-order valence-electron chi connectivity index (χ2n) is 26.7. The van der Waals surface area contributed by atoms with Gasteiger partial charge in [-0.15, -0.1) is 0 Å². The minimum Gasteiger partial charge on any atom is -0.480 e. The highest BCUT2D eigenvalue weighted by molar-refractivity contribution is 6.03. The number of nitrogens with zero attached hydrogens (tertiary/aromatic N) is 7. The maximum absolute atomic E-state index is 12.1. The van der Waals surface area contributed by atoms with Gasteiger partial charge in [0.2, 0.25) is 17.8 Å². The summed E-state index contributed by atoms with van der Waals surface area (Å²) in [6, 6.07) is 95.3. The minimum atomic E-state index is -1.08. The predicted octanol–water partition coefficient (Wildman–Crippen LogP) is 22.1. The fraction of sp³-hybridized carbons (Fsp3) is 0.0108. The predicted molar refractivity (Wildman–Crippen MR) is 444 cm³/mol. The molecular weight excluding hydrogens is 1350 g/mol. The third kappa shape index (κ3) is 12.7. The van der Waals surface area contributed by atoms with Crippen molar-refractivity contribution in [3.63, 3.8) is 0 Å². The highest BCUT2D eigenvalue weighted by Crippen LogP contribution is 2.43. The van der Waals surface area contributed by atoms with E-state index in [1.807, 2.05) is 84.9 Å². The summed E-state index contributed by atoms with van der Waals surface area (Å²) in [5.41, 5.74) is 30.3. The fourth-order valence-corrected chi connectivity index (χ4v) is 14.9. The van der Waals surface area contributed by atoms with Crippen molar-refractivity contribution in [2.75, 3.05) is 22.5 Å². The van der Waals surface area contributed by atoms with Crippen LogP contribution in [-0.2, 0) is 4.79 Å². The van der Waals surface area contributed by atoms with Crippen LogP contribution in [0.5, 0.6) is 0 Å². The number of fused-ring (bicyclic) bond motifs is 16. The Morgan fingerprint density at radius 2 is 0.431 bits per heavy atom. The van der Waals surface area contributed by atoms with Gasteiger partial charge < -0.3 is 41.0 Å². The van der Waals surface area contributed by atoms with Crippen LogP contribution in [0.15, 0.2) is 279 Å². The maximum Gasteiger partial charge on any atom is 0.322 e. The molecule has 16 nitrogen and oxygen atoms in total. The highest BCUT2D eigenvalue weighted by atomic mass is 16.4. The van der Waals surface area contributed by atoms with E-state index >= 15 is 0 Å². The number of aromatic amines is 4. The van der Waals surface area contributed by atoms with Gasteiger partial charge in [-0.05, 0) is 166 Å². The van der Waals surface area contributed by atoms with Crippen LogP contribution >= 0.6 is 0 Å². The van der Waals surface area contributed by atoms with Crippen LogP contribution in [0.1, 0.15) is 45.6 Å². The maximum atomic E-state index is 12.1. The summed E-state index contributed by atoms with van der Waals surface area (Å²) in [7, 11) is 0. The number of H-pyrrole nitrogens is 4. The van der Waals surface area contributed by atoms with Gasteiger partial charge in [-0.3, -0.25) is 4.79 Å². The quantitative estimate of drug-likeness (QED) is 0.0480. The molecule has 8 N–H and O–H groups in total. The van der Waals surface area contributed by atoms with E-state index in [1.165, 1.54) is 0 Å². The summed E-state index contributed by atoms with van der Waals surface area (Å²) in [6.45, 7) is -0.433. The molecular formula is C93H64N14O2. The van der Waals surface area contributed by atoms with E-state index in [4.69, 9.17) is 24.9 Å². The van der Waals surface area contributed by atoms with Crippen molar-refractivity contribution in [1.29, 1.82) is 0 Å². The first-order valence-corrected chi connectivity index (χ1v) is 35.9. The number of benzene rings is 8. The van der Waals surface area contributed by atoms with Crippen LogP contribution in [0, 0.1) is 0 Å². The van der Waals surface area contributed by atoms with Gasteiger partial charge in [-0.1, -0.05) is 206 Å². The number of nitrogens with one attached hydrogen (secondary N) is 7. The molecule has 16 heteroatoms. The highest BCUT2D eigenvalue weighted by Gasteiger charge is 2.23. The van der Waals surface area contributed by atoms with Gasteiger partial charge in [-0.2, -0.15) is 15.0 Å². The van der Waals surface area contributed by atoms with Crippen LogP contribution in [0.25, 0.3) is 182 Å². The molecule has 0 fully saturated rings. The molecule has 4 aliphatic heterocycles. The average molecular weight is 1410 g/mol. The molecule has 518 valence electrons. The van der Waals surface area contributed by atoms with Crippen molar-refractivity contribution in [3.8, 4) is 89.0 Å². The Bertz CT molecular complexity index is 6120. The van der Waals surface area contributed by atoms with E-state index in [1.54, 1.807) is 0 Å². The zero-order chi connectivity index (χ0) is 72.7. The van der Waals surface area contributed by atoms with Crippen molar-refractivity contribution < 1.29 is 9.90 Å². The van der Waals surface area contributed by atoms with E-state index in [0.29, 0.717) is 11.4 Å². The molecule has 0 unspecified atom stereocenters. The fourth-order valence-electron chi connectivity index (χ4n) is 14.9. The zero-order valence-electron chi connectivity index (χ0n) is 58.4. The Kier molecular flexibility index (Phi) is 16.5. The van der Waals surface area contributed by atoms with Crippen molar-refractivity contribution >= 4 is 128 Å². The molecule has 0 spiro atoms. The Labute approximate surface area is 625 Å². The molecule has 11 heterocycles. The molecule has 0 radical (unpaired) electrons. The van der Waals surface area contributed by atoms with E-state index in [0.717, 1.165) is 179 Å². The molecule has 0 atom stereocenters. The number of aromatic nitrogens is 11. The number of aliphatic carboxylic acids is 1. The monoisotopic (exact) mass is 1410 g/mol. The lowest BCUT2D eigenvalue weighted by molar-refractivity contribution is -0.134. The summed E-state index contributed by atoms with van der Waals surface area (Å²) >= 11 is 0. The molecule has 4 aliphatic rings. The molecule has 0 saturated carbocycles. The second-order valence-corrected chi connectivity index (χ2v) is 26.7. The number of hydrogen-bond acceptors (Lipinski definition) is 11. The minimum absolute atomic E-state index is 0.0499. The van der Waals surface area contributed by atoms with Gasteiger partial charge >= 0.3 is 5.97 Å². The first kappa shape index (κ1) is 64.7. The van der Waals surface area contributed by atoms with E-state index in [9.17, 15) is 9.90 Å². The first-order chi connectivity index (χ1) is 53.8. The number of anilines is 5. The number of carboxylic acid groups (broad SMARTS) is 1. The normalized spacial score (nSPS) is 12.0. The number of carbonyl (C=O) groups is 1. The van der Waals surface area contributed by atoms with Gasteiger partial charge in [-0.25, -0.2) is 19.9 Å². The molecule has 0 saturated heterocycles. The van der Waals surface area contributed by atoms with Gasteiger partial charge in [0.25, 0.3) is 0 Å². The molecule has 109 heavy (non-hydrogen) atoms.